The highest BCUT2D eigenvalue weighted by atomic mass is 35.5. The van der Waals surface area contributed by atoms with Gasteiger partial charge in [0.25, 0.3) is 11.8 Å². The van der Waals surface area contributed by atoms with E-state index in [2.05, 4.69) is 5.32 Å². The van der Waals surface area contributed by atoms with Crippen molar-refractivity contribution < 1.29 is 23.9 Å². The summed E-state index contributed by atoms with van der Waals surface area (Å²) in [7, 11) is 0. The second-order valence-electron chi connectivity index (χ2n) is 8.21. The Kier molecular flexibility index (Phi) is 7.62. The Morgan fingerprint density at radius 1 is 0.917 bits per heavy atom. The molecule has 0 bridgehead atoms. The highest BCUT2D eigenvalue weighted by Crippen LogP contribution is 2.27. The number of benzene rings is 3. The van der Waals surface area contributed by atoms with Crippen LogP contribution < -0.4 is 19.7 Å². The number of carbonyl (C=O) groups is 3. The molecule has 0 spiro atoms. The molecule has 1 saturated heterocycles. The summed E-state index contributed by atoms with van der Waals surface area (Å²) in [6.45, 7) is 4.04. The molecule has 0 radical (unpaired) electrons. The predicted molar refractivity (Wildman–Crippen MR) is 138 cm³/mol. The molecule has 4 amide bonds. The third kappa shape index (κ3) is 5.87. The Bertz CT molecular complexity index is 1340. The van der Waals surface area contributed by atoms with Gasteiger partial charge < -0.3 is 9.47 Å². The molecule has 0 atom stereocenters. The fourth-order valence-corrected chi connectivity index (χ4v) is 3.93. The monoisotopic (exact) mass is 524 g/mol. The molecular formula is C27H22Cl2N2O5. The van der Waals surface area contributed by atoms with Crippen LogP contribution in [-0.4, -0.2) is 23.9 Å². The lowest BCUT2D eigenvalue weighted by Crippen LogP contribution is -2.54. The Labute approximate surface area is 218 Å². The molecule has 3 aromatic carbocycles. The Hall–Kier alpha value is -3.81. The number of carbonyl (C=O) groups excluding carboxylic acids is 3. The predicted octanol–water partition coefficient (Wildman–Crippen LogP) is 6.03. The number of nitrogens with zero attached hydrogens (tertiary/aromatic N) is 1. The van der Waals surface area contributed by atoms with Crippen molar-refractivity contribution in [3.8, 4) is 11.5 Å². The molecule has 0 aliphatic carbocycles. The van der Waals surface area contributed by atoms with Gasteiger partial charge in [-0.05, 0) is 74.0 Å². The normalized spacial score (nSPS) is 14.9. The van der Waals surface area contributed by atoms with Crippen molar-refractivity contribution in [3.63, 3.8) is 0 Å². The zero-order valence-electron chi connectivity index (χ0n) is 19.5. The number of hydrogen-bond acceptors (Lipinski definition) is 5. The van der Waals surface area contributed by atoms with E-state index in [1.54, 1.807) is 66.7 Å². The van der Waals surface area contributed by atoms with Crippen LogP contribution >= 0.6 is 23.2 Å². The minimum Gasteiger partial charge on any atom is -0.491 e. The number of halogens is 2. The number of nitrogens with one attached hydrogen (secondary N) is 1. The van der Waals surface area contributed by atoms with Gasteiger partial charge in [0, 0.05) is 15.6 Å². The van der Waals surface area contributed by atoms with Crippen LogP contribution in [-0.2, 0) is 16.2 Å². The van der Waals surface area contributed by atoms with Gasteiger partial charge in [0.2, 0.25) is 0 Å². The third-order valence-electron chi connectivity index (χ3n) is 5.17. The molecule has 4 rings (SSSR count). The number of imide groups is 2. The molecule has 36 heavy (non-hydrogen) atoms. The zero-order chi connectivity index (χ0) is 25.8. The topological polar surface area (TPSA) is 84.9 Å². The number of hydrogen-bond donors (Lipinski definition) is 1. The van der Waals surface area contributed by atoms with E-state index in [0.717, 1.165) is 10.5 Å². The number of rotatable bonds is 7. The van der Waals surface area contributed by atoms with Crippen LogP contribution in [0.25, 0.3) is 6.08 Å². The first-order chi connectivity index (χ1) is 17.2. The molecule has 1 aliphatic heterocycles. The van der Waals surface area contributed by atoms with Crippen LogP contribution in [0.1, 0.15) is 25.0 Å². The van der Waals surface area contributed by atoms with E-state index in [4.69, 9.17) is 32.7 Å². The van der Waals surface area contributed by atoms with Gasteiger partial charge >= 0.3 is 6.03 Å². The van der Waals surface area contributed by atoms with Crippen molar-refractivity contribution >= 4 is 52.8 Å². The summed E-state index contributed by atoms with van der Waals surface area (Å²) in [5, 5.41) is 3.23. The summed E-state index contributed by atoms with van der Waals surface area (Å²) in [6, 6.07) is 17.6. The van der Waals surface area contributed by atoms with Crippen LogP contribution in [0.2, 0.25) is 10.0 Å². The fourth-order valence-electron chi connectivity index (χ4n) is 3.46. The van der Waals surface area contributed by atoms with Crippen LogP contribution in [0.5, 0.6) is 11.5 Å². The summed E-state index contributed by atoms with van der Waals surface area (Å²) in [5.74, 6) is -0.314. The molecule has 1 fully saturated rings. The van der Waals surface area contributed by atoms with E-state index in [9.17, 15) is 14.4 Å². The van der Waals surface area contributed by atoms with Gasteiger partial charge in [-0.1, -0.05) is 41.4 Å². The van der Waals surface area contributed by atoms with Crippen LogP contribution in [0.15, 0.2) is 72.3 Å². The van der Waals surface area contributed by atoms with Crippen molar-refractivity contribution in [2.45, 2.75) is 26.6 Å². The van der Waals surface area contributed by atoms with E-state index in [-0.39, 0.29) is 24.0 Å². The molecule has 0 unspecified atom stereocenters. The second kappa shape index (κ2) is 10.8. The van der Waals surface area contributed by atoms with E-state index in [1.807, 2.05) is 13.8 Å². The summed E-state index contributed by atoms with van der Waals surface area (Å²) in [6.07, 6.45) is 1.45. The van der Waals surface area contributed by atoms with Gasteiger partial charge in [0.1, 0.15) is 23.7 Å². The van der Waals surface area contributed by atoms with Crippen LogP contribution in [0.3, 0.4) is 0 Å². The van der Waals surface area contributed by atoms with Gasteiger partial charge in [0.15, 0.2) is 0 Å². The fraction of sp³-hybridized carbons (Fsp3) is 0.148. The molecule has 0 saturated carbocycles. The van der Waals surface area contributed by atoms with Gasteiger partial charge in [-0.2, -0.15) is 0 Å². The molecular weight excluding hydrogens is 503 g/mol. The summed E-state index contributed by atoms with van der Waals surface area (Å²) in [4.78, 5) is 38.9. The summed E-state index contributed by atoms with van der Waals surface area (Å²) in [5.41, 5.74) is 1.50. The molecule has 0 aromatic heterocycles. The first kappa shape index (κ1) is 25.3. The van der Waals surface area contributed by atoms with Crippen molar-refractivity contribution in [3.05, 3.63) is 93.5 Å². The third-order valence-corrected chi connectivity index (χ3v) is 5.76. The average molecular weight is 525 g/mol. The van der Waals surface area contributed by atoms with Gasteiger partial charge in [-0.15, -0.1) is 0 Å². The SMILES string of the molecule is CC(C)Oc1ccc(/C=C2\C(=O)NC(=O)N(c3ccc(OCc4ccc(Cl)cc4Cl)cc3)C2=O)cc1. The Morgan fingerprint density at radius 3 is 2.22 bits per heavy atom. The largest absolute Gasteiger partial charge is 0.491 e. The smallest absolute Gasteiger partial charge is 0.335 e. The van der Waals surface area contributed by atoms with Crippen LogP contribution in [0, 0.1) is 0 Å². The number of anilines is 1. The Morgan fingerprint density at radius 2 is 1.58 bits per heavy atom. The number of ether oxygens (including phenoxy) is 2. The Balaban J connectivity index is 1.50. The molecule has 7 nitrogen and oxygen atoms in total. The van der Waals surface area contributed by atoms with Crippen molar-refractivity contribution in [1.29, 1.82) is 0 Å². The molecule has 1 aliphatic rings. The number of amides is 4. The maximum absolute atomic E-state index is 13.1. The second-order valence-corrected chi connectivity index (χ2v) is 9.06. The van der Waals surface area contributed by atoms with E-state index >= 15 is 0 Å². The standard InChI is InChI=1S/C27H22Cl2N2O5/c1-16(2)36-22-9-3-17(4-10-22)13-23-25(32)30-27(34)31(26(23)33)20-7-11-21(12-8-20)35-15-18-5-6-19(28)14-24(18)29/h3-14,16H,15H2,1-2H3,(H,30,32,34)/b23-13+. The minimum atomic E-state index is -0.829. The average Bonchev–Trinajstić information content (AvgIpc) is 2.82. The number of urea groups is 1. The molecule has 3 aromatic rings. The first-order valence-corrected chi connectivity index (χ1v) is 11.8. The van der Waals surface area contributed by atoms with Crippen molar-refractivity contribution in [2.24, 2.45) is 0 Å². The highest BCUT2D eigenvalue weighted by molar-refractivity contribution is 6.39. The van der Waals surface area contributed by atoms with E-state index in [0.29, 0.717) is 27.1 Å². The maximum Gasteiger partial charge on any atom is 0.335 e. The van der Waals surface area contributed by atoms with Gasteiger partial charge in [-0.25, -0.2) is 9.69 Å². The molecule has 9 heteroatoms. The first-order valence-electron chi connectivity index (χ1n) is 11.1. The lowest BCUT2D eigenvalue weighted by molar-refractivity contribution is -0.122. The quantitative estimate of drug-likeness (QED) is 0.301. The van der Waals surface area contributed by atoms with Gasteiger partial charge in [0.05, 0.1) is 11.8 Å². The van der Waals surface area contributed by atoms with Crippen LogP contribution in [0.4, 0.5) is 10.5 Å². The minimum absolute atomic E-state index is 0.0199. The lowest BCUT2D eigenvalue weighted by Gasteiger charge is -2.26. The molecule has 1 heterocycles. The number of barbiturate groups is 1. The lowest BCUT2D eigenvalue weighted by atomic mass is 10.1. The van der Waals surface area contributed by atoms with E-state index < -0.39 is 17.8 Å². The molecule has 184 valence electrons. The summed E-state index contributed by atoms with van der Waals surface area (Å²) >= 11 is 12.1. The zero-order valence-corrected chi connectivity index (χ0v) is 21.0. The van der Waals surface area contributed by atoms with Crippen molar-refractivity contribution in [1.82, 2.24) is 5.32 Å². The molecule has 1 N–H and O–H groups in total. The van der Waals surface area contributed by atoms with Gasteiger partial charge in [-0.3, -0.25) is 14.9 Å². The highest BCUT2D eigenvalue weighted by Gasteiger charge is 2.36. The maximum atomic E-state index is 13.1. The summed E-state index contributed by atoms with van der Waals surface area (Å²) < 4.78 is 11.4. The van der Waals surface area contributed by atoms with E-state index in [1.165, 1.54) is 6.08 Å². The van der Waals surface area contributed by atoms with Crippen molar-refractivity contribution in [2.75, 3.05) is 4.90 Å².